The molecule has 10 nitrogen and oxygen atoms in total. The number of rotatable bonds is 13. The maximum Gasteiger partial charge on any atom is 0.311 e. The molecule has 0 fully saturated rings. The van der Waals surface area contributed by atoms with E-state index < -0.39 is 4.92 Å². The van der Waals surface area contributed by atoms with E-state index in [0.29, 0.717) is 35.1 Å². The second-order valence-corrected chi connectivity index (χ2v) is 11.1. The third-order valence-corrected chi connectivity index (χ3v) is 8.02. The number of hydrogen-bond acceptors (Lipinski definition) is 8. The second kappa shape index (κ2) is 15.0. The zero-order valence-corrected chi connectivity index (χ0v) is 26.7. The Hall–Kier alpha value is -6.05. The summed E-state index contributed by atoms with van der Waals surface area (Å²) in [7, 11) is 0. The van der Waals surface area contributed by atoms with E-state index in [4.69, 9.17) is 32.4 Å². The lowest BCUT2D eigenvalue weighted by atomic mass is 9.89. The van der Waals surface area contributed by atoms with Crippen LogP contribution in [0.4, 0.5) is 11.4 Å². The van der Waals surface area contributed by atoms with Crippen molar-refractivity contribution in [2.24, 2.45) is 0 Å². The third-order valence-electron chi connectivity index (χ3n) is 7.72. The largest absolute Gasteiger partial charge is 0.488 e. The van der Waals surface area contributed by atoms with E-state index in [1.807, 2.05) is 50.2 Å². The van der Waals surface area contributed by atoms with Gasteiger partial charge < -0.3 is 14.2 Å². The van der Waals surface area contributed by atoms with Crippen LogP contribution in [0.25, 0.3) is 27.1 Å². The zero-order chi connectivity index (χ0) is 34.2. The van der Waals surface area contributed by atoms with Gasteiger partial charge in [-0.3, -0.25) is 24.7 Å². The molecule has 0 saturated carbocycles. The molecule has 240 valence electrons. The molecule has 48 heavy (non-hydrogen) atoms. The fourth-order valence-corrected chi connectivity index (χ4v) is 5.48. The average Bonchev–Trinajstić information content (AvgIpc) is 3.10. The Bertz CT molecular complexity index is 2070. The van der Waals surface area contributed by atoms with Crippen molar-refractivity contribution >= 4 is 35.5 Å². The lowest BCUT2D eigenvalue weighted by molar-refractivity contribution is -0.385. The van der Waals surface area contributed by atoms with E-state index >= 15 is 0 Å². The van der Waals surface area contributed by atoms with Gasteiger partial charge in [0.25, 0.3) is 0 Å². The number of aldehydes is 2. The number of pyridine rings is 1. The standard InChI is InChI=1S/C37H28ClN3O7/c1-23-27(22-48-37-17-36(28(20-43)15-33(37)38)47-21-25-14-29(39-3)19-40-18-25)6-4-8-31(23)32-9-5-7-30(24(32)2)26-10-11-35(46-13-12-42)34(16-26)41(44)45/h4-12,14-20H,13,21-22H2,1-2H3. The number of benzene rings is 4. The molecule has 0 aliphatic heterocycles. The highest BCUT2D eigenvalue weighted by molar-refractivity contribution is 6.32. The summed E-state index contributed by atoms with van der Waals surface area (Å²) >= 11 is 6.48. The van der Waals surface area contributed by atoms with Gasteiger partial charge in [0.2, 0.25) is 5.69 Å². The lowest BCUT2D eigenvalue weighted by Crippen LogP contribution is -2.03. The van der Waals surface area contributed by atoms with Gasteiger partial charge >= 0.3 is 5.69 Å². The Morgan fingerprint density at radius 1 is 0.854 bits per heavy atom. The first-order valence-electron chi connectivity index (χ1n) is 14.6. The number of ether oxygens (including phenoxy) is 3. The molecule has 0 radical (unpaired) electrons. The van der Waals surface area contributed by atoms with Crippen LogP contribution >= 0.6 is 11.6 Å². The average molecular weight is 662 g/mol. The van der Waals surface area contributed by atoms with Crippen molar-refractivity contribution in [3.8, 4) is 39.5 Å². The van der Waals surface area contributed by atoms with Crippen molar-refractivity contribution in [2.75, 3.05) is 6.61 Å². The number of aromatic nitrogens is 1. The topological polar surface area (TPSA) is 122 Å². The van der Waals surface area contributed by atoms with E-state index in [2.05, 4.69) is 9.83 Å². The molecule has 1 aromatic heterocycles. The summed E-state index contributed by atoms with van der Waals surface area (Å²) < 4.78 is 17.3. The molecule has 0 amide bonds. The fraction of sp³-hybridized carbons (Fsp3) is 0.135. The maximum absolute atomic E-state index is 11.8. The van der Waals surface area contributed by atoms with Gasteiger partial charge in [-0.2, -0.15) is 0 Å². The minimum absolute atomic E-state index is 0.0245. The summed E-state index contributed by atoms with van der Waals surface area (Å²) in [5.41, 5.74) is 7.20. The minimum Gasteiger partial charge on any atom is -0.488 e. The van der Waals surface area contributed by atoms with Crippen molar-refractivity contribution in [3.05, 3.63) is 140 Å². The van der Waals surface area contributed by atoms with Gasteiger partial charge in [0, 0.05) is 24.5 Å². The van der Waals surface area contributed by atoms with Gasteiger partial charge in [0.15, 0.2) is 18.3 Å². The van der Waals surface area contributed by atoms with E-state index in [1.165, 1.54) is 24.4 Å². The van der Waals surface area contributed by atoms with Crippen molar-refractivity contribution < 1.29 is 28.7 Å². The Morgan fingerprint density at radius 2 is 1.58 bits per heavy atom. The smallest absolute Gasteiger partial charge is 0.311 e. The fourth-order valence-electron chi connectivity index (χ4n) is 5.25. The molecule has 0 spiro atoms. The van der Waals surface area contributed by atoms with Crippen LogP contribution in [0.5, 0.6) is 17.2 Å². The molecule has 0 saturated heterocycles. The summed E-state index contributed by atoms with van der Waals surface area (Å²) in [4.78, 5) is 41.1. The first-order valence-corrected chi connectivity index (χ1v) is 15.0. The highest BCUT2D eigenvalue weighted by Crippen LogP contribution is 2.38. The van der Waals surface area contributed by atoms with Gasteiger partial charge in [0.1, 0.15) is 31.3 Å². The first kappa shape index (κ1) is 33.3. The zero-order valence-electron chi connectivity index (χ0n) is 25.9. The summed E-state index contributed by atoms with van der Waals surface area (Å²) in [6.07, 6.45) is 4.23. The summed E-state index contributed by atoms with van der Waals surface area (Å²) in [6, 6.07) is 21.0. The normalized spacial score (nSPS) is 10.5. The van der Waals surface area contributed by atoms with Crippen LogP contribution in [0.1, 0.15) is 32.6 Å². The molecule has 0 bridgehead atoms. The molecule has 4 aromatic carbocycles. The van der Waals surface area contributed by atoms with Crippen LogP contribution in [-0.4, -0.2) is 29.1 Å². The molecule has 5 aromatic rings. The highest BCUT2D eigenvalue weighted by atomic mass is 35.5. The van der Waals surface area contributed by atoms with Gasteiger partial charge in [-0.05, 0) is 76.6 Å². The van der Waals surface area contributed by atoms with Crippen molar-refractivity contribution in [3.63, 3.8) is 0 Å². The van der Waals surface area contributed by atoms with E-state index in [-0.39, 0.29) is 47.6 Å². The number of nitro benzene ring substituents is 1. The third kappa shape index (κ3) is 7.33. The number of carbonyl (C=O) groups is 2. The first-order chi connectivity index (χ1) is 23.2. The molecule has 0 atom stereocenters. The summed E-state index contributed by atoms with van der Waals surface area (Å²) in [5.74, 6) is 0.631. The van der Waals surface area contributed by atoms with E-state index in [1.54, 1.807) is 24.4 Å². The maximum atomic E-state index is 11.8. The van der Waals surface area contributed by atoms with Gasteiger partial charge in [-0.15, -0.1) is 0 Å². The Morgan fingerprint density at radius 3 is 2.31 bits per heavy atom. The van der Waals surface area contributed by atoms with Gasteiger partial charge in [-0.25, -0.2) is 4.85 Å². The molecular weight excluding hydrogens is 634 g/mol. The molecule has 0 aliphatic carbocycles. The van der Waals surface area contributed by atoms with Crippen molar-refractivity contribution in [2.45, 2.75) is 27.1 Å². The Labute approximate surface area is 281 Å². The molecule has 5 rings (SSSR count). The monoisotopic (exact) mass is 661 g/mol. The van der Waals surface area contributed by atoms with Crippen LogP contribution in [0.2, 0.25) is 5.02 Å². The SMILES string of the molecule is [C-]#[N+]c1cncc(COc2cc(OCc3cccc(-c4cccc(-c5ccc(OCC=O)c([N+](=O)[O-])c5)c4C)c3C)c(Cl)cc2C=O)c1. The predicted octanol–water partition coefficient (Wildman–Crippen LogP) is 8.69. The molecular formula is C37H28ClN3O7. The number of hydrogen-bond donors (Lipinski definition) is 0. The summed E-state index contributed by atoms with van der Waals surface area (Å²) in [6.45, 7) is 11.1. The number of nitrogens with zero attached hydrogens (tertiary/aromatic N) is 3. The van der Waals surface area contributed by atoms with Crippen LogP contribution < -0.4 is 14.2 Å². The van der Waals surface area contributed by atoms with Crippen LogP contribution in [0, 0.1) is 30.5 Å². The Balaban J connectivity index is 1.40. The van der Waals surface area contributed by atoms with Gasteiger partial charge in [-0.1, -0.05) is 54.1 Å². The second-order valence-electron chi connectivity index (χ2n) is 10.7. The van der Waals surface area contributed by atoms with Crippen LogP contribution in [0.15, 0.2) is 85.2 Å². The Kier molecular flexibility index (Phi) is 10.4. The van der Waals surface area contributed by atoms with Crippen molar-refractivity contribution in [1.82, 2.24) is 4.98 Å². The molecule has 0 aliphatic rings. The van der Waals surface area contributed by atoms with E-state index in [0.717, 1.165) is 33.4 Å². The highest BCUT2D eigenvalue weighted by Gasteiger charge is 2.19. The quantitative estimate of drug-likeness (QED) is 0.0531. The minimum atomic E-state index is -0.530. The summed E-state index contributed by atoms with van der Waals surface area (Å²) in [5, 5.41) is 12.0. The number of nitro groups is 1. The lowest BCUT2D eigenvalue weighted by Gasteiger charge is -2.17. The molecule has 0 unspecified atom stereocenters. The van der Waals surface area contributed by atoms with E-state index in [9.17, 15) is 19.7 Å². The number of carbonyl (C=O) groups excluding carboxylic acids is 2. The van der Waals surface area contributed by atoms with Gasteiger partial charge in [0.05, 0.1) is 22.1 Å². The number of halogens is 1. The predicted molar refractivity (Wildman–Crippen MR) is 181 cm³/mol. The molecule has 1 heterocycles. The molecule has 0 N–H and O–H groups in total. The molecule has 11 heteroatoms. The van der Waals surface area contributed by atoms with Crippen LogP contribution in [0.3, 0.4) is 0 Å². The van der Waals surface area contributed by atoms with Crippen molar-refractivity contribution in [1.29, 1.82) is 0 Å². The van der Waals surface area contributed by atoms with Crippen LogP contribution in [-0.2, 0) is 18.0 Å².